The molecule has 0 atom stereocenters. The highest BCUT2D eigenvalue weighted by atomic mass is 35.5. The first-order valence-corrected chi connectivity index (χ1v) is 6.33. The minimum absolute atomic E-state index is 0.740. The van der Waals surface area contributed by atoms with E-state index in [-0.39, 0.29) is 0 Å². The summed E-state index contributed by atoms with van der Waals surface area (Å²) in [5.41, 5.74) is 1.05. The fraction of sp³-hybridized carbons (Fsp3) is 0.167. The van der Waals surface area contributed by atoms with Crippen LogP contribution < -0.4 is 5.32 Å². The second-order valence-electron chi connectivity index (χ2n) is 3.46. The molecule has 0 aliphatic carbocycles. The largest absolute Gasteiger partial charge is 0.373 e. The van der Waals surface area contributed by atoms with Gasteiger partial charge in [0.05, 0.1) is 0 Å². The average Bonchev–Trinajstić information content (AvgIpc) is 2.35. The minimum atomic E-state index is 0.740. The van der Waals surface area contributed by atoms with Gasteiger partial charge in [-0.25, -0.2) is 9.97 Å². The number of aromatic nitrogens is 2. The number of benzene rings is 1. The molecule has 0 unspecified atom stereocenters. The molecule has 2 aromatic rings. The van der Waals surface area contributed by atoms with E-state index in [1.807, 2.05) is 38.2 Å². The molecule has 0 spiro atoms. The lowest BCUT2D eigenvalue weighted by Crippen LogP contribution is -1.98. The Bertz CT molecular complexity index is 514. The summed E-state index contributed by atoms with van der Waals surface area (Å²) in [5.74, 6) is 0.858. The molecule has 1 heterocycles. The highest BCUT2D eigenvalue weighted by Crippen LogP contribution is 2.30. The molecule has 3 nitrogen and oxygen atoms in total. The molecule has 0 fully saturated rings. The summed E-state index contributed by atoms with van der Waals surface area (Å²) in [6.45, 7) is 2.00. The van der Waals surface area contributed by atoms with Crippen molar-refractivity contribution in [2.75, 3.05) is 12.4 Å². The summed E-state index contributed by atoms with van der Waals surface area (Å²) in [6, 6.07) is 7.71. The number of halogens is 1. The van der Waals surface area contributed by atoms with Crippen LogP contribution in [0.3, 0.4) is 0 Å². The normalized spacial score (nSPS) is 10.3. The van der Waals surface area contributed by atoms with E-state index in [0.717, 1.165) is 26.3 Å². The molecule has 0 amide bonds. The molecule has 0 saturated carbocycles. The number of rotatable bonds is 3. The second-order valence-corrected chi connectivity index (χ2v) is 4.96. The van der Waals surface area contributed by atoms with Crippen molar-refractivity contribution < 1.29 is 0 Å². The fourth-order valence-corrected chi connectivity index (χ4v) is 2.37. The number of nitrogens with zero attached hydrogens (tertiary/aromatic N) is 2. The van der Waals surface area contributed by atoms with Crippen molar-refractivity contribution in [3.8, 4) is 0 Å². The monoisotopic (exact) mass is 265 g/mol. The maximum Gasteiger partial charge on any atom is 0.133 e. The van der Waals surface area contributed by atoms with Crippen LogP contribution in [0.2, 0.25) is 5.02 Å². The van der Waals surface area contributed by atoms with Gasteiger partial charge in [-0.05, 0) is 31.2 Å². The maximum atomic E-state index is 5.85. The van der Waals surface area contributed by atoms with Crippen molar-refractivity contribution in [3.05, 3.63) is 41.2 Å². The van der Waals surface area contributed by atoms with E-state index < -0.39 is 0 Å². The number of nitrogens with one attached hydrogen (secondary N) is 1. The lowest BCUT2D eigenvalue weighted by Gasteiger charge is -2.08. The molecule has 0 radical (unpaired) electrons. The fourth-order valence-electron chi connectivity index (χ4n) is 1.40. The van der Waals surface area contributed by atoms with Gasteiger partial charge in [-0.1, -0.05) is 23.4 Å². The molecule has 1 aromatic carbocycles. The van der Waals surface area contributed by atoms with E-state index >= 15 is 0 Å². The highest BCUT2D eigenvalue weighted by molar-refractivity contribution is 7.99. The van der Waals surface area contributed by atoms with E-state index in [1.54, 1.807) is 18.1 Å². The standard InChI is InChI=1S/C12H12ClN3S/c1-8-11(14-2)15-7-16-12(8)17-10-5-3-9(13)4-6-10/h3-7H,1-2H3,(H,14,15,16). The topological polar surface area (TPSA) is 37.8 Å². The van der Waals surface area contributed by atoms with Gasteiger partial charge in [0.25, 0.3) is 0 Å². The number of hydrogen-bond acceptors (Lipinski definition) is 4. The molecule has 1 aromatic heterocycles. The molecule has 88 valence electrons. The highest BCUT2D eigenvalue weighted by Gasteiger charge is 2.07. The summed E-state index contributed by atoms with van der Waals surface area (Å²) >= 11 is 7.45. The molecule has 0 aliphatic rings. The summed E-state index contributed by atoms with van der Waals surface area (Å²) in [5, 5.41) is 4.74. The van der Waals surface area contributed by atoms with Crippen LogP contribution in [-0.4, -0.2) is 17.0 Å². The minimum Gasteiger partial charge on any atom is -0.373 e. The SMILES string of the molecule is CNc1ncnc(Sc2ccc(Cl)cc2)c1C. The first-order valence-electron chi connectivity index (χ1n) is 5.13. The van der Waals surface area contributed by atoms with E-state index in [2.05, 4.69) is 15.3 Å². The van der Waals surface area contributed by atoms with Gasteiger partial charge < -0.3 is 5.32 Å². The predicted molar refractivity (Wildman–Crippen MR) is 71.9 cm³/mol. The van der Waals surface area contributed by atoms with Gasteiger partial charge in [-0.15, -0.1) is 0 Å². The van der Waals surface area contributed by atoms with Crippen molar-refractivity contribution in [2.45, 2.75) is 16.8 Å². The summed E-state index contributed by atoms with van der Waals surface area (Å²) in [6.07, 6.45) is 1.57. The first-order chi connectivity index (χ1) is 8.20. The van der Waals surface area contributed by atoms with Crippen molar-refractivity contribution in [2.24, 2.45) is 0 Å². The lowest BCUT2D eigenvalue weighted by atomic mass is 10.3. The van der Waals surface area contributed by atoms with E-state index in [1.165, 1.54) is 0 Å². The summed E-state index contributed by atoms with van der Waals surface area (Å²) in [4.78, 5) is 9.55. The van der Waals surface area contributed by atoms with Crippen LogP contribution >= 0.6 is 23.4 Å². The van der Waals surface area contributed by atoms with Crippen LogP contribution in [-0.2, 0) is 0 Å². The van der Waals surface area contributed by atoms with Crippen molar-refractivity contribution in [1.29, 1.82) is 0 Å². The molecule has 5 heteroatoms. The Morgan fingerprint density at radius 1 is 1.18 bits per heavy atom. The van der Waals surface area contributed by atoms with Crippen molar-refractivity contribution >= 4 is 29.2 Å². The third-order valence-corrected chi connectivity index (χ3v) is 3.67. The van der Waals surface area contributed by atoms with E-state index in [4.69, 9.17) is 11.6 Å². The molecular formula is C12H12ClN3S. The predicted octanol–water partition coefficient (Wildman–Crippen LogP) is 3.63. The molecule has 17 heavy (non-hydrogen) atoms. The molecule has 0 aliphatic heterocycles. The number of anilines is 1. The first kappa shape index (κ1) is 12.2. The Labute approximate surface area is 110 Å². The van der Waals surface area contributed by atoms with Gasteiger partial charge in [0.15, 0.2) is 0 Å². The molecular weight excluding hydrogens is 254 g/mol. The van der Waals surface area contributed by atoms with Crippen LogP contribution in [0, 0.1) is 6.92 Å². The van der Waals surface area contributed by atoms with Crippen LogP contribution in [0.15, 0.2) is 40.5 Å². The van der Waals surface area contributed by atoms with Crippen LogP contribution in [0.5, 0.6) is 0 Å². The zero-order valence-corrected chi connectivity index (χ0v) is 11.1. The second kappa shape index (κ2) is 5.38. The zero-order valence-electron chi connectivity index (χ0n) is 9.57. The van der Waals surface area contributed by atoms with Crippen molar-refractivity contribution in [1.82, 2.24) is 9.97 Å². The molecule has 0 bridgehead atoms. The quantitative estimate of drug-likeness (QED) is 0.860. The van der Waals surface area contributed by atoms with E-state index in [0.29, 0.717) is 0 Å². The van der Waals surface area contributed by atoms with Gasteiger partial charge in [-0.2, -0.15) is 0 Å². The summed E-state index contributed by atoms with van der Waals surface area (Å²) in [7, 11) is 1.85. The van der Waals surface area contributed by atoms with Gasteiger partial charge in [0.1, 0.15) is 17.2 Å². The van der Waals surface area contributed by atoms with Crippen LogP contribution in [0.25, 0.3) is 0 Å². The Morgan fingerprint density at radius 3 is 2.53 bits per heavy atom. The zero-order chi connectivity index (χ0) is 12.3. The molecule has 2 rings (SSSR count). The van der Waals surface area contributed by atoms with E-state index in [9.17, 15) is 0 Å². The van der Waals surface area contributed by atoms with Crippen LogP contribution in [0.4, 0.5) is 5.82 Å². The Morgan fingerprint density at radius 2 is 1.88 bits per heavy atom. The Balaban J connectivity index is 2.27. The third-order valence-electron chi connectivity index (χ3n) is 2.30. The van der Waals surface area contributed by atoms with Gasteiger partial charge in [0.2, 0.25) is 0 Å². The summed E-state index contributed by atoms with van der Waals surface area (Å²) < 4.78 is 0. The smallest absolute Gasteiger partial charge is 0.133 e. The molecule has 0 saturated heterocycles. The Kier molecular flexibility index (Phi) is 3.86. The third kappa shape index (κ3) is 2.90. The number of hydrogen-bond donors (Lipinski definition) is 1. The Hall–Kier alpha value is -1.26. The van der Waals surface area contributed by atoms with Gasteiger partial charge >= 0.3 is 0 Å². The van der Waals surface area contributed by atoms with Gasteiger partial charge in [0, 0.05) is 22.5 Å². The van der Waals surface area contributed by atoms with Gasteiger partial charge in [-0.3, -0.25) is 0 Å². The van der Waals surface area contributed by atoms with Crippen LogP contribution in [0.1, 0.15) is 5.56 Å². The lowest BCUT2D eigenvalue weighted by molar-refractivity contribution is 1.00. The van der Waals surface area contributed by atoms with Crippen molar-refractivity contribution in [3.63, 3.8) is 0 Å². The average molecular weight is 266 g/mol. The molecule has 1 N–H and O–H groups in total. The maximum absolute atomic E-state index is 5.85.